The smallest absolute Gasteiger partial charge is 0.143 e. The molecule has 1 N–H and O–H groups in total. The van der Waals surface area contributed by atoms with Crippen LogP contribution in [0.15, 0.2) is 18.2 Å². The molecule has 0 heterocycles. The molecule has 0 aromatic heterocycles. The molecular weight excluding hydrogens is 260 g/mol. The van der Waals surface area contributed by atoms with E-state index in [0.29, 0.717) is 11.6 Å². The molecule has 0 spiro atoms. The number of anilines is 1. The third-order valence-electron chi connectivity index (χ3n) is 6.10. The lowest BCUT2D eigenvalue weighted by Gasteiger charge is -2.33. The molecule has 3 fully saturated rings. The highest BCUT2D eigenvalue weighted by Gasteiger charge is 2.53. The van der Waals surface area contributed by atoms with Crippen LogP contribution < -0.4 is 10.1 Å². The van der Waals surface area contributed by atoms with E-state index in [9.17, 15) is 0 Å². The van der Waals surface area contributed by atoms with E-state index in [1.807, 2.05) is 18.2 Å². The van der Waals surface area contributed by atoms with Crippen molar-refractivity contribution in [1.29, 1.82) is 5.26 Å². The van der Waals surface area contributed by atoms with Gasteiger partial charge in [0.05, 0.1) is 24.4 Å². The summed E-state index contributed by atoms with van der Waals surface area (Å²) in [5, 5.41) is 12.7. The first-order valence-electron chi connectivity index (χ1n) is 8.15. The minimum absolute atomic E-state index is 0.594. The van der Waals surface area contributed by atoms with Crippen LogP contribution in [0.4, 0.5) is 5.69 Å². The van der Waals surface area contributed by atoms with Crippen LogP contribution in [-0.4, -0.2) is 13.2 Å². The van der Waals surface area contributed by atoms with Crippen molar-refractivity contribution in [2.45, 2.75) is 38.1 Å². The highest BCUT2D eigenvalue weighted by Crippen LogP contribution is 2.59. The summed E-state index contributed by atoms with van der Waals surface area (Å²) in [7, 11) is 1.68. The molecule has 0 saturated heterocycles. The summed E-state index contributed by atoms with van der Waals surface area (Å²) >= 11 is 0. The van der Waals surface area contributed by atoms with Gasteiger partial charge >= 0.3 is 0 Å². The maximum absolute atomic E-state index is 9.00. The Morgan fingerprint density at radius 1 is 1.19 bits per heavy atom. The van der Waals surface area contributed by atoms with Crippen molar-refractivity contribution in [2.75, 3.05) is 12.4 Å². The van der Waals surface area contributed by atoms with Gasteiger partial charge in [0.2, 0.25) is 0 Å². The number of nitrogens with zero attached hydrogens (tertiary/aromatic N) is 1. The average Bonchev–Trinajstić information content (AvgIpc) is 3.20. The third-order valence-corrected chi connectivity index (χ3v) is 6.10. The van der Waals surface area contributed by atoms with Gasteiger partial charge in [-0.1, -0.05) is 6.42 Å². The van der Waals surface area contributed by atoms with Crippen molar-refractivity contribution in [2.24, 2.45) is 23.7 Å². The van der Waals surface area contributed by atoms with Crippen LogP contribution in [0, 0.1) is 35.0 Å². The van der Waals surface area contributed by atoms with Gasteiger partial charge < -0.3 is 10.1 Å². The van der Waals surface area contributed by atoms with Crippen molar-refractivity contribution in [1.82, 2.24) is 0 Å². The molecule has 21 heavy (non-hydrogen) atoms. The van der Waals surface area contributed by atoms with Gasteiger partial charge in [-0.2, -0.15) is 5.26 Å². The summed E-state index contributed by atoms with van der Waals surface area (Å²) in [6.07, 6.45) is 7.09. The predicted molar refractivity (Wildman–Crippen MR) is 82.2 cm³/mol. The summed E-state index contributed by atoms with van der Waals surface area (Å²) in [6, 6.07) is 8.46. The van der Waals surface area contributed by atoms with Gasteiger partial charge in [0, 0.05) is 12.1 Å². The van der Waals surface area contributed by atoms with Gasteiger partial charge in [-0.15, -0.1) is 0 Å². The molecule has 0 radical (unpaired) electrons. The Morgan fingerprint density at radius 3 is 2.86 bits per heavy atom. The van der Waals surface area contributed by atoms with Crippen LogP contribution in [0.1, 0.15) is 37.7 Å². The van der Waals surface area contributed by atoms with Gasteiger partial charge in [0.25, 0.3) is 0 Å². The summed E-state index contributed by atoms with van der Waals surface area (Å²) in [6.45, 7) is 0. The summed E-state index contributed by atoms with van der Waals surface area (Å²) < 4.78 is 5.45. The van der Waals surface area contributed by atoms with E-state index in [4.69, 9.17) is 10.00 Å². The molecule has 3 heteroatoms. The van der Waals surface area contributed by atoms with E-state index in [2.05, 4.69) is 11.4 Å². The molecule has 1 aromatic carbocycles. The van der Waals surface area contributed by atoms with E-state index in [0.717, 1.165) is 35.1 Å². The number of nitriles is 1. The first-order chi connectivity index (χ1) is 10.3. The van der Waals surface area contributed by atoms with E-state index in [1.165, 1.54) is 32.1 Å². The highest BCUT2D eigenvalue weighted by atomic mass is 16.5. The lowest BCUT2D eigenvalue weighted by Crippen LogP contribution is -2.34. The number of hydrogen-bond donors (Lipinski definition) is 1. The molecule has 0 amide bonds. The third kappa shape index (κ3) is 2.00. The van der Waals surface area contributed by atoms with Crippen LogP contribution in [-0.2, 0) is 0 Å². The maximum atomic E-state index is 9.00. The van der Waals surface area contributed by atoms with Gasteiger partial charge in [0.15, 0.2) is 0 Å². The average molecular weight is 282 g/mol. The van der Waals surface area contributed by atoms with Crippen molar-refractivity contribution < 1.29 is 4.74 Å². The summed E-state index contributed by atoms with van der Waals surface area (Å²) in [5.41, 5.74) is 1.70. The molecule has 4 rings (SSSR count). The van der Waals surface area contributed by atoms with Crippen LogP contribution >= 0.6 is 0 Å². The van der Waals surface area contributed by atoms with Gasteiger partial charge in [-0.3, -0.25) is 0 Å². The Labute approximate surface area is 126 Å². The number of nitrogens with one attached hydrogen (secondary N) is 1. The van der Waals surface area contributed by atoms with Crippen molar-refractivity contribution in [3.05, 3.63) is 23.8 Å². The van der Waals surface area contributed by atoms with Crippen molar-refractivity contribution in [3.63, 3.8) is 0 Å². The van der Waals surface area contributed by atoms with Crippen molar-refractivity contribution >= 4 is 5.69 Å². The number of hydrogen-bond acceptors (Lipinski definition) is 3. The van der Waals surface area contributed by atoms with Crippen molar-refractivity contribution in [3.8, 4) is 11.8 Å². The number of rotatable bonds is 3. The number of ether oxygens (including phenoxy) is 1. The molecule has 2 bridgehead atoms. The Morgan fingerprint density at radius 2 is 2.05 bits per heavy atom. The molecule has 0 aliphatic heterocycles. The van der Waals surface area contributed by atoms with E-state index >= 15 is 0 Å². The fourth-order valence-corrected chi connectivity index (χ4v) is 5.31. The molecule has 3 saturated carbocycles. The number of fused-ring (bicyclic) bond motifs is 5. The monoisotopic (exact) mass is 282 g/mol. The van der Waals surface area contributed by atoms with Crippen LogP contribution in [0.5, 0.6) is 5.75 Å². The van der Waals surface area contributed by atoms with Crippen LogP contribution in [0.25, 0.3) is 0 Å². The minimum Gasteiger partial charge on any atom is -0.495 e. The lowest BCUT2D eigenvalue weighted by molar-refractivity contribution is 0.243. The zero-order valence-electron chi connectivity index (χ0n) is 12.5. The van der Waals surface area contributed by atoms with E-state index in [-0.39, 0.29) is 0 Å². The zero-order chi connectivity index (χ0) is 14.4. The molecule has 5 unspecified atom stereocenters. The first-order valence-corrected chi connectivity index (χ1v) is 8.15. The van der Waals surface area contributed by atoms with Gasteiger partial charge in [-0.25, -0.2) is 0 Å². The van der Waals surface area contributed by atoms with Gasteiger partial charge in [-0.05, 0) is 61.5 Å². The molecule has 1 aromatic rings. The molecule has 3 aliphatic rings. The second-order valence-corrected chi connectivity index (χ2v) is 6.93. The molecule has 5 atom stereocenters. The summed E-state index contributed by atoms with van der Waals surface area (Å²) in [4.78, 5) is 0. The topological polar surface area (TPSA) is 45.0 Å². The highest BCUT2D eigenvalue weighted by molar-refractivity contribution is 5.60. The fourth-order valence-electron chi connectivity index (χ4n) is 5.31. The SMILES string of the molecule is COc1cc(C#N)ccc1NC1CC2CC1C1CCCC21. The lowest BCUT2D eigenvalue weighted by atomic mass is 9.79. The van der Waals surface area contributed by atoms with E-state index < -0.39 is 0 Å². The Bertz CT molecular complexity index is 591. The summed E-state index contributed by atoms with van der Waals surface area (Å²) in [5.74, 6) is 4.58. The zero-order valence-corrected chi connectivity index (χ0v) is 12.5. The molecule has 110 valence electrons. The molecule has 3 aliphatic carbocycles. The Kier molecular flexibility index (Phi) is 3.06. The first kappa shape index (κ1) is 13.0. The second-order valence-electron chi connectivity index (χ2n) is 6.93. The van der Waals surface area contributed by atoms with Crippen LogP contribution in [0.3, 0.4) is 0 Å². The second kappa shape index (κ2) is 4.94. The van der Waals surface area contributed by atoms with Gasteiger partial charge in [0.1, 0.15) is 5.75 Å². The predicted octanol–water partition coefficient (Wildman–Crippen LogP) is 3.80. The number of benzene rings is 1. The van der Waals surface area contributed by atoms with E-state index in [1.54, 1.807) is 7.11 Å². The molecule has 3 nitrogen and oxygen atoms in total. The normalized spacial score (nSPS) is 36.3. The Balaban J connectivity index is 1.54. The Hall–Kier alpha value is -1.69. The molecular formula is C18H22N2O. The minimum atomic E-state index is 0.594. The largest absolute Gasteiger partial charge is 0.495 e. The van der Waals surface area contributed by atoms with Crippen LogP contribution in [0.2, 0.25) is 0 Å². The standard InChI is InChI=1S/C18H22N2O/c1-21-18-7-11(10-19)5-6-16(18)20-17-9-12-8-15(17)14-4-2-3-13(12)14/h5-7,12-15,17,20H,2-4,8-9H2,1H3. The fraction of sp³-hybridized carbons (Fsp3) is 0.611. The number of methoxy groups -OCH3 is 1. The quantitative estimate of drug-likeness (QED) is 0.917. The maximum Gasteiger partial charge on any atom is 0.143 e.